The van der Waals surface area contributed by atoms with Crippen LogP contribution in [0.5, 0.6) is 5.75 Å². The molecule has 2 aliphatic heterocycles. The van der Waals surface area contributed by atoms with Gasteiger partial charge in [0, 0.05) is 28.4 Å². The van der Waals surface area contributed by atoms with Gasteiger partial charge in [0.15, 0.2) is 0 Å². The van der Waals surface area contributed by atoms with Crippen LogP contribution in [-0.4, -0.2) is 145 Å². The Kier molecular flexibility index (Phi) is 23.6. The van der Waals surface area contributed by atoms with Crippen molar-refractivity contribution in [1.82, 2.24) is 42.1 Å². The summed E-state index contributed by atoms with van der Waals surface area (Å²) in [7, 11) is 2.13. The number of nitrogens with one attached hydrogen (secondary N) is 7. The summed E-state index contributed by atoms with van der Waals surface area (Å²) in [6, 6.07) is -6.25. The number of phenolic OH excluding ortho intramolecular Hbond substituents is 1. The molecule has 0 saturated carbocycles. The third-order valence-electron chi connectivity index (χ3n) is 13.6. The van der Waals surface area contributed by atoms with Gasteiger partial charge in [-0.2, -0.15) is 0 Å². The van der Waals surface area contributed by atoms with E-state index in [9.17, 15) is 53.1 Å². The van der Waals surface area contributed by atoms with E-state index in [1.807, 2.05) is 34.6 Å². The Morgan fingerprint density at radius 3 is 1.86 bits per heavy atom. The lowest BCUT2D eigenvalue weighted by Gasteiger charge is -2.43. The van der Waals surface area contributed by atoms with Gasteiger partial charge in [0.1, 0.15) is 48.0 Å². The molecule has 3 rings (SSSR count). The molecular weight excluding hydrogens is 1040 g/mol. The van der Waals surface area contributed by atoms with E-state index in [1.165, 1.54) is 17.0 Å². The third kappa shape index (κ3) is 19.1. The predicted molar refractivity (Wildman–Crippen MR) is 291 cm³/mol. The molecule has 2 heterocycles. The van der Waals surface area contributed by atoms with Gasteiger partial charge in [-0.05, 0) is 88.3 Å². The summed E-state index contributed by atoms with van der Waals surface area (Å²) in [5.41, 5.74) is 23.0. The van der Waals surface area contributed by atoms with Crippen LogP contribution in [0.25, 0.3) is 0 Å². The van der Waals surface area contributed by atoms with Crippen molar-refractivity contribution in [3.8, 4) is 5.75 Å². The second-order valence-corrected chi connectivity index (χ2v) is 25.9. The first-order valence-corrected chi connectivity index (χ1v) is 27.9. The van der Waals surface area contributed by atoms with Gasteiger partial charge in [-0.15, -0.1) is 0 Å². The first-order chi connectivity index (χ1) is 35.6. The van der Waals surface area contributed by atoms with Crippen LogP contribution in [0, 0.1) is 17.3 Å². The summed E-state index contributed by atoms with van der Waals surface area (Å²) in [5, 5.41) is 28.4. The zero-order chi connectivity index (χ0) is 58.5. The first-order valence-electron chi connectivity index (χ1n) is 25.8. The van der Waals surface area contributed by atoms with Gasteiger partial charge in [0.2, 0.25) is 65.0 Å². The lowest BCUT2D eigenvalue weighted by Crippen LogP contribution is -2.65. The highest BCUT2D eigenvalue weighted by molar-refractivity contribution is 8.77. The van der Waals surface area contributed by atoms with Crippen LogP contribution in [0.4, 0.5) is 0 Å². The van der Waals surface area contributed by atoms with Crippen LogP contribution in [-0.2, 0) is 59.2 Å². The molecule has 11 amide bonds. The van der Waals surface area contributed by atoms with Crippen LogP contribution >= 0.6 is 21.6 Å². The Balaban J connectivity index is 2.30. The lowest BCUT2D eigenvalue weighted by molar-refractivity contribution is -0.146. The number of benzene rings is 1. The summed E-state index contributed by atoms with van der Waals surface area (Å²) in [4.78, 5) is 154. The van der Waals surface area contributed by atoms with Gasteiger partial charge in [-0.1, -0.05) is 88.6 Å². The molecule has 77 heavy (non-hydrogen) atoms. The summed E-state index contributed by atoms with van der Waals surface area (Å²) in [6.45, 7) is 18.7. The molecule has 2 aliphatic rings. The van der Waals surface area contributed by atoms with E-state index in [1.54, 1.807) is 53.7 Å². The fraction of sp³-hybridized carbons (Fsp3) is 0.667. The van der Waals surface area contributed by atoms with Crippen molar-refractivity contribution in [2.75, 3.05) is 6.54 Å². The van der Waals surface area contributed by atoms with Gasteiger partial charge in [-0.3, -0.25) is 52.7 Å². The summed E-state index contributed by atoms with van der Waals surface area (Å²) < 4.78 is -2.66. The largest absolute Gasteiger partial charge is 0.508 e. The molecule has 0 bridgehead atoms. The van der Waals surface area contributed by atoms with Gasteiger partial charge in [0.05, 0.1) is 19.0 Å². The van der Waals surface area contributed by atoms with Crippen molar-refractivity contribution in [3.05, 3.63) is 29.8 Å². The number of nitrogens with zero attached hydrogens (tertiary/aromatic N) is 1. The third-order valence-corrected chi connectivity index (χ3v) is 17.9. The quantitative estimate of drug-likeness (QED) is 0.0864. The number of phenols is 1. The summed E-state index contributed by atoms with van der Waals surface area (Å²) >= 11 is 0. The van der Waals surface area contributed by atoms with Gasteiger partial charge < -0.3 is 70.2 Å². The molecule has 10 atom stereocenters. The smallest absolute Gasteiger partial charge is 0.247 e. The SMILES string of the molecule is CC[C@H](C)[C@@H]1NC(=O)[C@H](Cc2ccc(O)cc2)NC(=O)[C@H](N)C(C)(C)SSC(C)(C)[C@@H](C(=O)N2[C@H](C(=O)N[C@@H](CC(C)C)C(=O)NCC(N)=O)CC[C@@H]2C(C)(C)C)NC(=O)[C@H](CC(N)=O)NC(=O)[C@H](CCC(N)=O)NC1=O. The number of primary amides is 3. The van der Waals surface area contributed by atoms with Crippen molar-refractivity contribution in [2.45, 2.75) is 191 Å². The monoisotopic (exact) mass is 1120 g/mol. The molecule has 0 unspecified atom stereocenters. The maximum Gasteiger partial charge on any atom is 0.247 e. The highest BCUT2D eigenvalue weighted by Crippen LogP contribution is 2.47. The second kappa shape index (κ2) is 27.9. The Labute approximate surface area is 458 Å². The van der Waals surface area contributed by atoms with E-state index < -0.39 is 166 Å². The zero-order valence-corrected chi connectivity index (χ0v) is 47.7. The normalized spacial score (nSPS) is 25.6. The van der Waals surface area contributed by atoms with Crippen LogP contribution in [0.2, 0.25) is 0 Å². The molecule has 26 heteroatoms. The number of hydrogen-bond acceptors (Lipinski definition) is 15. The van der Waals surface area contributed by atoms with Crippen molar-refractivity contribution in [2.24, 2.45) is 40.2 Å². The molecular formula is C51H82N12O12S2. The number of nitrogens with two attached hydrogens (primary N) is 4. The minimum absolute atomic E-state index is 0.0526. The van der Waals surface area contributed by atoms with E-state index in [4.69, 9.17) is 22.9 Å². The standard InChI is InChI=1S/C51H82N12O12S2/c1-12-26(4)38-46(73)57-29(17-20-35(52)65)42(69)58-32(23-36(53)66)44(71)62-40(48(75)63-33(18-19-34(63)49(5,6)7)45(72)59-30(21-25(2)3)41(68)56-24-37(54)67)51(10,11)77-76-50(8,9)39(55)47(74)60-31(43(70)61-38)22-27-13-15-28(64)16-14-27/h13-16,25-26,29-34,38-40,64H,12,17-24,55H2,1-11H3,(H2,52,65)(H2,53,66)(H2,54,67)(H,56,68)(H,57,73)(H,58,69)(H,59,72)(H,60,74)(H,61,70)(H,62,71)/t26-,29-,30-,31-,32-,33-,34+,38-,39-,40+/m0/s1. The highest BCUT2D eigenvalue weighted by Gasteiger charge is 2.52. The van der Waals surface area contributed by atoms with Gasteiger partial charge in [0.25, 0.3) is 0 Å². The molecule has 0 spiro atoms. The van der Waals surface area contributed by atoms with Crippen LogP contribution < -0.4 is 60.2 Å². The number of rotatable bonds is 17. The molecule has 24 nitrogen and oxygen atoms in total. The number of aromatic hydroxyl groups is 1. The molecule has 1 aromatic carbocycles. The Morgan fingerprint density at radius 1 is 0.753 bits per heavy atom. The second-order valence-electron chi connectivity index (χ2n) is 22.5. The van der Waals surface area contributed by atoms with Crippen LogP contribution in [0.3, 0.4) is 0 Å². The van der Waals surface area contributed by atoms with Crippen LogP contribution in [0.15, 0.2) is 24.3 Å². The molecule has 0 aliphatic carbocycles. The molecule has 2 saturated heterocycles. The van der Waals surface area contributed by atoms with E-state index in [0.29, 0.717) is 18.4 Å². The minimum Gasteiger partial charge on any atom is -0.508 e. The Hall–Kier alpha value is -6.15. The number of likely N-dealkylation sites (tertiary alicyclic amines) is 1. The maximum atomic E-state index is 15.7. The first kappa shape index (κ1) is 65.1. The number of hydrogen-bond donors (Lipinski definition) is 12. The maximum absolute atomic E-state index is 15.7. The van der Waals surface area contributed by atoms with Crippen molar-refractivity contribution >= 4 is 86.6 Å². The van der Waals surface area contributed by atoms with Crippen LogP contribution in [0.1, 0.15) is 127 Å². The Morgan fingerprint density at radius 2 is 1.31 bits per heavy atom. The van der Waals surface area contributed by atoms with E-state index in [2.05, 4.69) is 37.2 Å². The predicted octanol–water partition coefficient (Wildman–Crippen LogP) is -0.637. The average molecular weight is 1120 g/mol. The minimum atomic E-state index is -1.81. The Bertz CT molecular complexity index is 2350. The van der Waals surface area contributed by atoms with Crippen molar-refractivity contribution in [1.29, 1.82) is 0 Å². The fourth-order valence-corrected chi connectivity index (χ4v) is 11.6. The summed E-state index contributed by atoms with van der Waals surface area (Å²) in [6.07, 6.45) is -0.905. The highest BCUT2D eigenvalue weighted by atomic mass is 33.1. The van der Waals surface area contributed by atoms with E-state index >= 15 is 4.79 Å². The van der Waals surface area contributed by atoms with Gasteiger partial charge >= 0.3 is 0 Å². The zero-order valence-electron chi connectivity index (χ0n) is 46.0. The number of amides is 11. The van der Waals surface area contributed by atoms with E-state index in [0.717, 1.165) is 21.6 Å². The van der Waals surface area contributed by atoms with Gasteiger partial charge in [-0.25, -0.2) is 0 Å². The molecule has 16 N–H and O–H groups in total. The lowest BCUT2D eigenvalue weighted by atomic mass is 9.84. The fourth-order valence-electron chi connectivity index (χ4n) is 8.84. The molecule has 0 radical (unpaired) electrons. The molecule has 2 fully saturated rings. The molecule has 430 valence electrons. The molecule has 1 aromatic rings. The number of carbonyl (C=O) groups is 11. The topological polar surface area (TPSA) is 400 Å². The van der Waals surface area contributed by atoms with Crippen molar-refractivity contribution < 1.29 is 57.8 Å². The molecule has 0 aromatic heterocycles. The average Bonchev–Trinajstić information content (AvgIpc) is 3.80. The van der Waals surface area contributed by atoms with E-state index in [-0.39, 0.29) is 30.9 Å². The van der Waals surface area contributed by atoms with Crippen molar-refractivity contribution in [3.63, 3.8) is 0 Å². The number of carbonyl (C=O) groups excluding carboxylic acids is 11. The summed E-state index contributed by atoms with van der Waals surface area (Å²) in [5.74, 6) is -10.3.